The van der Waals surface area contributed by atoms with E-state index in [0.29, 0.717) is 13.0 Å². The van der Waals surface area contributed by atoms with Crippen molar-refractivity contribution in [2.75, 3.05) is 11.9 Å². The molecule has 0 bridgehead atoms. The number of benzene rings is 2. The standard InChI is InChI=1S/C18H19F3N2O3S/c1-2-3-11-22-27(25,26)16-6-4-5-15(12-16)23-17(24)13-7-9-14(10-8-13)18(19,20)21/h4-10,12,22H,2-3,11H2,1H3,(H,23,24). The predicted molar refractivity (Wildman–Crippen MR) is 95.9 cm³/mol. The topological polar surface area (TPSA) is 75.3 Å². The lowest BCUT2D eigenvalue weighted by Gasteiger charge is -2.10. The molecule has 0 aliphatic heterocycles. The molecule has 0 saturated carbocycles. The second kappa shape index (κ2) is 8.53. The molecule has 0 spiro atoms. The minimum atomic E-state index is -4.48. The molecule has 0 aliphatic rings. The minimum absolute atomic E-state index is 0.0103. The van der Waals surface area contributed by atoms with Gasteiger partial charge in [0.2, 0.25) is 10.0 Å². The Balaban J connectivity index is 2.12. The highest BCUT2D eigenvalue weighted by Gasteiger charge is 2.30. The van der Waals surface area contributed by atoms with E-state index >= 15 is 0 Å². The van der Waals surface area contributed by atoms with Crippen molar-refractivity contribution in [1.29, 1.82) is 0 Å². The maximum absolute atomic E-state index is 12.6. The summed E-state index contributed by atoms with van der Waals surface area (Å²) in [6, 6.07) is 9.39. The van der Waals surface area contributed by atoms with Crippen molar-refractivity contribution in [2.45, 2.75) is 30.8 Å². The molecule has 0 fully saturated rings. The van der Waals surface area contributed by atoms with Crippen LogP contribution in [0.3, 0.4) is 0 Å². The van der Waals surface area contributed by atoms with Crippen LogP contribution in [0, 0.1) is 0 Å². The van der Waals surface area contributed by atoms with Crippen molar-refractivity contribution in [1.82, 2.24) is 4.72 Å². The first-order valence-corrected chi connectivity index (χ1v) is 9.70. The summed E-state index contributed by atoms with van der Waals surface area (Å²) in [6.45, 7) is 2.24. The molecule has 2 rings (SSSR count). The Bertz CT molecular complexity index is 895. The molecular weight excluding hydrogens is 381 g/mol. The lowest BCUT2D eigenvalue weighted by atomic mass is 10.1. The van der Waals surface area contributed by atoms with Gasteiger partial charge in [-0.05, 0) is 48.9 Å². The van der Waals surface area contributed by atoms with E-state index in [4.69, 9.17) is 0 Å². The summed E-state index contributed by atoms with van der Waals surface area (Å²) in [6.07, 6.45) is -2.95. The zero-order valence-corrected chi connectivity index (χ0v) is 15.3. The van der Waals surface area contributed by atoms with Crippen LogP contribution in [0.4, 0.5) is 18.9 Å². The Morgan fingerprint density at radius 2 is 1.74 bits per heavy atom. The largest absolute Gasteiger partial charge is 0.416 e. The van der Waals surface area contributed by atoms with Gasteiger partial charge < -0.3 is 5.32 Å². The SMILES string of the molecule is CCCCNS(=O)(=O)c1cccc(NC(=O)c2ccc(C(F)(F)F)cc2)c1. The van der Waals surface area contributed by atoms with E-state index < -0.39 is 27.7 Å². The third-order valence-corrected chi connectivity index (χ3v) is 5.16. The first kappa shape index (κ1) is 20.9. The first-order chi connectivity index (χ1) is 12.6. The van der Waals surface area contributed by atoms with Gasteiger partial charge in [0.1, 0.15) is 0 Å². The molecule has 0 aliphatic carbocycles. The van der Waals surface area contributed by atoms with Crippen LogP contribution in [-0.4, -0.2) is 20.9 Å². The van der Waals surface area contributed by atoms with Crippen LogP contribution >= 0.6 is 0 Å². The molecule has 0 saturated heterocycles. The van der Waals surface area contributed by atoms with Gasteiger partial charge in [-0.25, -0.2) is 13.1 Å². The van der Waals surface area contributed by atoms with E-state index in [-0.39, 0.29) is 16.1 Å². The normalized spacial score (nSPS) is 12.0. The number of unbranched alkanes of at least 4 members (excludes halogenated alkanes) is 1. The summed E-state index contributed by atoms with van der Waals surface area (Å²) in [4.78, 5) is 12.2. The van der Waals surface area contributed by atoms with Gasteiger partial charge in [0.15, 0.2) is 0 Å². The van der Waals surface area contributed by atoms with E-state index in [1.807, 2.05) is 6.92 Å². The van der Waals surface area contributed by atoms with Gasteiger partial charge in [0, 0.05) is 17.8 Å². The number of carbonyl (C=O) groups is 1. The number of halogens is 3. The van der Waals surface area contributed by atoms with Crippen LogP contribution in [0.25, 0.3) is 0 Å². The molecule has 0 radical (unpaired) electrons. The van der Waals surface area contributed by atoms with E-state index in [9.17, 15) is 26.4 Å². The van der Waals surface area contributed by atoms with Crippen LogP contribution in [0.1, 0.15) is 35.7 Å². The first-order valence-electron chi connectivity index (χ1n) is 8.22. The van der Waals surface area contributed by atoms with Crippen LogP contribution in [0.2, 0.25) is 0 Å². The summed E-state index contributed by atoms with van der Waals surface area (Å²) in [5, 5.41) is 2.48. The average molecular weight is 400 g/mol. The molecule has 146 valence electrons. The maximum Gasteiger partial charge on any atom is 0.416 e. The number of alkyl halides is 3. The highest BCUT2D eigenvalue weighted by Crippen LogP contribution is 2.29. The fourth-order valence-electron chi connectivity index (χ4n) is 2.22. The molecule has 27 heavy (non-hydrogen) atoms. The Labute approximate surface area is 155 Å². The van der Waals surface area contributed by atoms with Gasteiger partial charge in [-0.15, -0.1) is 0 Å². The molecule has 0 atom stereocenters. The van der Waals surface area contributed by atoms with Crippen LogP contribution in [0.5, 0.6) is 0 Å². The number of carbonyl (C=O) groups excluding carboxylic acids is 1. The average Bonchev–Trinajstić information content (AvgIpc) is 2.61. The quantitative estimate of drug-likeness (QED) is 0.689. The monoisotopic (exact) mass is 400 g/mol. The van der Waals surface area contributed by atoms with Crippen molar-refractivity contribution in [2.24, 2.45) is 0 Å². The van der Waals surface area contributed by atoms with Crippen LogP contribution < -0.4 is 10.0 Å². The van der Waals surface area contributed by atoms with Gasteiger partial charge in [-0.2, -0.15) is 13.2 Å². The molecule has 2 aromatic rings. The summed E-state index contributed by atoms with van der Waals surface area (Å²) < 4.78 is 64.6. The van der Waals surface area contributed by atoms with Gasteiger partial charge in [-0.1, -0.05) is 19.4 Å². The second-order valence-electron chi connectivity index (χ2n) is 5.81. The van der Waals surface area contributed by atoms with Crippen molar-refractivity contribution in [3.8, 4) is 0 Å². The third kappa shape index (κ3) is 5.80. The maximum atomic E-state index is 12.6. The molecule has 1 amide bonds. The molecule has 2 N–H and O–H groups in total. The number of rotatable bonds is 7. The van der Waals surface area contributed by atoms with E-state index in [1.54, 1.807) is 0 Å². The van der Waals surface area contributed by atoms with E-state index in [0.717, 1.165) is 30.7 Å². The van der Waals surface area contributed by atoms with E-state index in [2.05, 4.69) is 10.0 Å². The number of amides is 1. The van der Waals surface area contributed by atoms with Crippen LogP contribution in [-0.2, 0) is 16.2 Å². The fourth-order valence-corrected chi connectivity index (χ4v) is 3.34. The molecule has 0 heterocycles. The third-order valence-electron chi connectivity index (χ3n) is 3.70. The number of hydrogen-bond acceptors (Lipinski definition) is 3. The van der Waals surface area contributed by atoms with Gasteiger partial charge >= 0.3 is 6.18 Å². The summed E-state index contributed by atoms with van der Waals surface area (Å²) in [5.41, 5.74) is -0.610. The highest BCUT2D eigenvalue weighted by atomic mass is 32.2. The summed E-state index contributed by atoms with van der Waals surface area (Å²) in [7, 11) is -3.70. The van der Waals surface area contributed by atoms with Gasteiger partial charge in [-0.3, -0.25) is 4.79 Å². The minimum Gasteiger partial charge on any atom is -0.322 e. The second-order valence-corrected chi connectivity index (χ2v) is 7.58. The number of sulfonamides is 1. The number of nitrogens with one attached hydrogen (secondary N) is 2. The molecule has 0 unspecified atom stereocenters. The smallest absolute Gasteiger partial charge is 0.322 e. The summed E-state index contributed by atoms with van der Waals surface area (Å²) >= 11 is 0. The lowest BCUT2D eigenvalue weighted by Crippen LogP contribution is -2.24. The molecule has 9 heteroatoms. The van der Waals surface area contributed by atoms with Gasteiger partial charge in [0.25, 0.3) is 5.91 Å². The van der Waals surface area contributed by atoms with Crippen molar-refractivity contribution < 1.29 is 26.4 Å². The zero-order valence-electron chi connectivity index (χ0n) is 14.5. The predicted octanol–water partition coefficient (Wildman–Crippen LogP) is 4.04. The molecule has 2 aromatic carbocycles. The Morgan fingerprint density at radius 1 is 1.07 bits per heavy atom. The Morgan fingerprint density at radius 3 is 2.33 bits per heavy atom. The van der Waals surface area contributed by atoms with Crippen molar-refractivity contribution in [3.05, 3.63) is 59.7 Å². The zero-order chi connectivity index (χ0) is 20.1. The van der Waals surface area contributed by atoms with E-state index in [1.165, 1.54) is 24.3 Å². The van der Waals surface area contributed by atoms with Gasteiger partial charge in [0.05, 0.1) is 10.5 Å². The molecule has 5 nitrogen and oxygen atoms in total. The lowest BCUT2D eigenvalue weighted by molar-refractivity contribution is -0.137. The highest BCUT2D eigenvalue weighted by molar-refractivity contribution is 7.89. The van der Waals surface area contributed by atoms with Crippen molar-refractivity contribution >= 4 is 21.6 Å². The molecule has 0 aromatic heterocycles. The molecular formula is C18H19F3N2O3S. The fraction of sp³-hybridized carbons (Fsp3) is 0.278. The number of hydrogen-bond donors (Lipinski definition) is 2. The Hall–Kier alpha value is -2.39. The van der Waals surface area contributed by atoms with Crippen molar-refractivity contribution in [3.63, 3.8) is 0 Å². The van der Waals surface area contributed by atoms with Crippen LogP contribution in [0.15, 0.2) is 53.4 Å². The Kier molecular flexibility index (Phi) is 6.61. The summed E-state index contributed by atoms with van der Waals surface area (Å²) in [5.74, 6) is -0.641. The number of anilines is 1.